The maximum Gasteiger partial charge on any atom is 0.411 e. The second-order valence-electron chi connectivity index (χ2n) is 8.31. The summed E-state index contributed by atoms with van der Waals surface area (Å²) in [5.74, 6) is -0.452. The van der Waals surface area contributed by atoms with Crippen molar-refractivity contribution >= 4 is 23.6 Å². The van der Waals surface area contributed by atoms with Crippen LogP contribution in [-0.2, 0) is 16.1 Å². The Kier molecular flexibility index (Phi) is 6.99. The smallest absolute Gasteiger partial charge is 0.411 e. The van der Waals surface area contributed by atoms with Gasteiger partial charge in [0, 0.05) is 31.9 Å². The van der Waals surface area contributed by atoms with E-state index in [1.807, 2.05) is 56.0 Å². The molecule has 1 fully saturated rings. The molecule has 0 bridgehead atoms. The molecule has 2 aromatic carbocycles. The lowest BCUT2D eigenvalue weighted by Gasteiger charge is -2.36. The second-order valence-corrected chi connectivity index (χ2v) is 8.31. The van der Waals surface area contributed by atoms with Gasteiger partial charge >= 0.3 is 12.2 Å². The number of hydrogen-bond donors (Lipinski definition) is 1. The van der Waals surface area contributed by atoms with Crippen LogP contribution in [0.5, 0.6) is 0 Å². The summed E-state index contributed by atoms with van der Waals surface area (Å²) in [4.78, 5) is 27.6. The molecule has 0 saturated carbocycles. The van der Waals surface area contributed by atoms with Crippen molar-refractivity contribution in [3.8, 4) is 0 Å². The van der Waals surface area contributed by atoms with E-state index in [0.717, 1.165) is 5.56 Å². The lowest BCUT2D eigenvalue weighted by atomic mass is 10.2. The summed E-state index contributed by atoms with van der Waals surface area (Å²) in [5, 5.41) is 2.54. The fourth-order valence-corrected chi connectivity index (χ4v) is 3.17. The molecule has 1 N–H and O–H groups in total. The van der Waals surface area contributed by atoms with E-state index in [9.17, 15) is 14.0 Å². The average molecular weight is 429 g/mol. The summed E-state index contributed by atoms with van der Waals surface area (Å²) in [6.07, 6.45) is -1.01. The number of nitrogens with zero attached hydrogens (tertiary/aromatic N) is 2. The van der Waals surface area contributed by atoms with Crippen LogP contribution in [0.2, 0.25) is 0 Å². The third-order valence-corrected chi connectivity index (χ3v) is 4.68. The molecule has 0 spiro atoms. The molecule has 0 aromatic heterocycles. The fraction of sp³-hybridized carbons (Fsp3) is 0.391. The highest BCUT2D eigenvalue weighted by Crippen LogP contribution is 2.24. The van der Waals surface area contributed by atoms with E-state index in [2.05, 4.69) is 5.32 Å². The molecular formula is C23H28FN3O4. The number of ether oxygens (including phenoxy) is 2. The zero-order valence-electron chi connectivity index (χ0n) is 18.1. The molecule has 1 heterocycles. The van der Waals surface area contributed by atoms with Crippen LogP contribution >= 0.6 is 0 Å². The molecule has 0 aliphatic carbocycles. The molecule has 7 nitrogen and oxygen atoms in total. The van der Waals surface area contributed by atoms with Crippen molar-refractivity contribution in [2.75, 3.05) is 36.4 Å². The summed E-state index contributed by atoms with van der Waals surface area (Å²) in [7, 11) is 0. The molecule has 31 heavy (non-hydrogen) atoms. The van der Waals surface area contributed by atoms with Gasteiger partial charge in [0.15, 0.2) is 0 Å². The third kappa shape index (κ3) is 6.60. The Hall–Kier alpha value is -3.29. The van der Waals surface area contributed by atoms with Crippen molar-refractivity contribution in [3.05, 3.63) is 59.9 Å². The minimum absolute atomic E-state index is 0.134. The second kappa shape index (κ2) is 9.68. The number of amides is 2. The number of rotatable bonds is 4. The van der Waals surface area contributed by atoms with Gasteiger partial charge in [0.25, 0.3) is 0 Å². The molecule has 166 valence electrons. The number of carbonyl (C=O) groups is 2. The Bertz CT molecular complexity index is 907. The molecule has 2 aromatic rings. The molecule has 1 aliphatic heterocycles. The number of halogens is 1. The van der Waals surface area contributed by atoms with Crippen molar-refractivity contribution < 1.29 is 23.5 Å². The molecule has 1 saturated heterocycles. The van der Waals surface area contributed by atoms with Crippen molar-refractivity contribution in [2.24, 2.45) is 0 Å². The lowest BCUT2D eigenvalue weighted by molar-refractivity contribution is 0.0240. The molecule has 3 rings (SSSR count). The normalized spacial score (nSPS) is 14.2. The zero-order valence-corrected chi connectivity index (χ0v) is 18.1. The zero-order chi connectivity index (χ0) is 22.4. The Balaban J connectivity index is 1.51. The Labute approximate surface area is 181 Å². The SMILES string of the molecule is CC(C)(C)OC(=O)N1CCN(c2ccc(NC(=O)OCc3ccccc3)cc2F)CC1. The van der Waals surface area contributed by atoms with Crippen LogP contribution in [0, 0.1) is 5.82 Å². The summed E-state index contributed by atoms with van der Waals surface area (Å²) < 4.78 is 25.2. The largest absolute Gasteiger partial charge is 0.444 e. The molecular weight excluding hydrogens is 401 g/mol. The van der Waals surface area contributed by atoms with Crippen LogP contribution in [0.25, 0.3) is 0 Å². The number of anilines is 2. The molecule has 8 heteroatoms. The van der Waals surface area contributed by atoms with Gasteiger partial charge in [-0.25, -0.2) is 14.0 Å². The van der Waals surface area contributed by atoms with Crippen molar-refractivity contribution in [3.63, 3.8) is 0 Å². The molecule has 1 aliphatic rings. The molecule has 2 amide bonds. The van der Waals surface area contributed by atoms with Gasteiger partial charge in [-0.2, -0.15) is 0 Å². The predicted octanol–water partition coefficient (Wildman–Crippen LogP) is 4.63. The van der Waals surface area contributed by atoms with E-state index in [0.29, 0.717) is 37.6 Å². The standard InChI is InChI=1S/C23H28FN3O4/c1-23(2,3)31-22(29)27-13-11-26(12-14-27)20-10-9-18(15-19(20)24)25-21(28)30-16-17-7-5-4-6-8-17/h4-10,15H,11-14,16H2,1-3H3,(H,25,28). The van der Waals surface area contributed by atoms with Gasteiger partial charge in [-0.15, -0.1) is 0 Å². The summed E-state index contributed by atoms with van der Waals surface area (Å²) in [5.41, 5.74) is 1.05. The first-order chi connectivity index (χ1) is 14.7. The average Bonchev–Trinajstić information content (AvgIpc) is 2.72. The fourth-order valence-electron chi connectivity index (χ4n) is 3.17. The topological polar surface area (TPSA) is 71.1 Å². The number of piperazine rings is 1. The quantitative estimate of drug-likeness (QED) is 0.767. The van der Waals surface area contributed by atoms with Gasteiger partial charge in [0.05, 0.1) is 5.69 Å². The van der Waals surface area contributed by atoms with Crippen LogP contribution in [0.15, 0.2) is 48.5 Å². The Morgan fingerprint density at radius 1 is 1.03 bits per heavy atom. The first-order valence-corrected chi connectivity index (χ1v) is 10.2. The summed E-state index contributed by atoms with van der Waals surface area (Å²) in [6, 6.07) is 13.8. The first-order valence-electron chi connectivity index (χ1n) is 10.2. The third-order valence-electron chi connectivity index (χ3n) is 4.68. The van der Waals surface area contributed by atoms with E-state index >= 15 is 0 Å². The lowest BCUT2D eigenvalue weighted by Crippen LogP contribution is -2.50. The van der Waals surface area contributed by atoms with E-state index in [1.54, 1.807) is 17.0 Å². The number of hydrogen-bond acceptors (Lipinski definition) is 5. The van der Waals surface area contributed by atoms with Gasteiger partial charge in [-0.1, -0.05) is 30.3 Å². The van der Waals surface area contributed by atoms with Gasteiger partial charge in [-0.05, 0) is 44.5 Å². The number of nitrogens with one attached hydrogen (secondary N) is 1. The van der Waals surface area contributed by atoms with Gasteiger partial charge in [-0.3, -0.25) is 5.32 Å². The Morgan fingerprint density at radius 3 is 2.32 bits per heavy atom. The van der Waals surface area contributed by atoms with Crippen LogP contribution in [0.3, 0.4) is 0 Å². The van der Waals surface area contributed by atoms with Crippen LogP contribution in [-0.4, -0.2) is 48.9 Å². The van der Waals surface area contributed by atoms with E-state index in [4.69, 9.17) is 9.47 Å². The summed E-state index contributed by atoms with van der Waals surface area (Å²) >= 11 is 0. The summed E-state index contributed by atoms with van der Waals surface area (Å²) in [6.45, 7) is 7.47. The van der Waals surface area contributed by atoms with Gasteiger partial charge < -0.3 is 19.3 Å². The highest BCUT2D eigenvalue weighted by molar-refractivity contribution is 5.85. The predicted molar refractivity (Wildman–Crippen MR) is 117 cm³/mol. The van der Waals surface area contributed by atoms with Crippen LogP contribution in [0.1, 0.15) is 26.3 Å². The minimum atomic E-state index is -0.651. The minimum Gasteiger partial charge on any atom is -0.444 e. The van der Waals surface area contributed by atoms with E-state index in [-0.39, 0.29) is 12.7 Å². The van der Waals surface area contributed by atoms with Gasteiger partial charge in [0.2, 0.25) is 0 Å². The molecule has 0 atom stereocenters. The van der Waals surface area contributed by atoms with Crippen molar-refractivity contribution in [1.29, 1.82) is 0 Å². The maximum atomic E-state index is 14.7. The van der Waals surface area contributed by atoms with Crippen LogP contribution < -0.4 is 10.2 Å². The molecule has 0 radical (unpaired) electrons. The van der Waals surface area contributed by atoms with Crippen molar-refractivity contribution in [2.45, 2.75) is 33.0 Å². The Morgan fingerprint density at radius 2 is 1.71 bits per heavy atom. The number of benzene rings is 2. The number of carbonyl (C=O) groups excluding carboxylic acids is 2. The molecule has 0 unspecified atom stereocenters. The van der Waals surface area contributed by atoms with E-state index in [1.165, 1.54) is 6.07 Å². The van der Waals surface area contributed by atoms with Gasteiger partial charge in [0.1, 0.15) is 18.0 Å². The van der Waals surface area contributed by atoms with Crippen LogP contribution in [0.4, 0.5) is 25.4 Å². The van der Waals surface area contributed by atoms with E-state index < -0.39 is 17.5 Å². The maximum absolute atomic E-state index is 14.7. The monoisotopic (exact) mass is 429 g/mol. The highest BCUT2D eigenvalue weighted by atomic mass is 19.1. The van der Waals surface area contributed by atoms with Crippen molar-refractivity contribution in [1.82, 2.24) is 4.90 Å². The first kappa shape index (κ1) is 22.4. The highest BCUT2D eigenvalue weighted by Gasteiger charge is 2.26.